The minimum Gasteiger partial charge on any atom is -0.392 e. The third-order valence-corrected chi connectivity index (χ3v) is 4.55. The molecule has 25 heavy (non-hydrogen) atoms. The zero-order chi connectivity index (χ0) is 17.8. The summed E-state index contributed by atoms with van der Waals surface area (Å²) >= 11 is 5.80. The number of anilines is 1. The Morgan fingerprint density at radius 1 is 1.16 bits per heavy atom. The maximum atomic E-state index is 11.3. The average molecular weight is 363 g/mol. The first kappa shape index (κ1) is 17.6. The molecule has 0 bridgehead atoms. The van der Waals surface area contributed by atoms with Gasteiger partial charge in [-0.15, -0.1) is 0 Å². The van der Waals surface area contributed by atoms with Gasteiger partial charge >= 0.3 is 0 Å². The number of hydrogen-bond acceptors (Lipinski definition) is 6. The number of benzene rings is 1. The van der Waals surface area contributed by atoms with Gasteiger partial charge in [-0.2, -0.15) is 0 Å². The van der Waals surface area contributed by atoms with E-state index in [1.54, 1.807) is 24.4 Å². The molecule has 0 amide bonds. The lowest BCUT2D eigenvalue weighted by molar-refractivity contribution is -0.384. The highest BCUT2D eigenvalue weighted by molar-refractivity contribution is 6.29. The second-order valence-corrected chi connectivity index (χ2v) is 6.38. The van der Waals surface area contributed by atoms with Gasteiger partial charge < -0.3 is 10.0 Å². The van der Waals surface area contributed by atoms with Crippen molar-refractivity contribution in [3.05, 3.63) is 62.9 Å². The molecule has 1 aromatic carbocycles. The van der Waals surface area contributed by atoms with Crippen LogP contribution < -0.4 is 4.90 Å². The first-order valence-corrected chi connectivity index (χ1v) is 8.40. The van der Waals surface area contributed by atoms with E-state index in [1.165, 1.54) is 6.07 Å². The molecule has 0 radical (unpaired) electrons. The molecule has 1 aliphatic heterocycles. The summed E-state index contributed by atoms with van der Waals surface area (Å²) in [5.74, 6) is 0. The number of piperazine rings is 1. The minimum absolute atomic E-state index is 0.0764. The van der Waals surface area contributed by atoms with E-state index in [0.29, 0.717) is 29.5 Å². The number of nitro groups is 1. The van der Waals surface area contributed by atoms with E-state index in [9.17, 15) is 15.2 Å². The van der Waals surface area contributed by atoms with Crippen molar-refractivity contribution in [2.24, 2.45) is 0 Å². The molecule has 1 N–H and O–H groups in total. The quantitative estimate of drug-likeness (QED) is 0.500. The largest absolute Gasteiger partial charge is 0.392 e. The van der Waals surface area contributed by atoms with Crippen LogP contribution in [0.3, 0.4) is 0 Å². The number of hydrogen-bond donors (Lipinski definition) is 1. The Kier molecular flexibility index (Phi) is 5.47. The third-order valence-electron chi connectivity index (χ3n) is 4.33. The zero-order valence-electron chi connectivity index (χ0n) is 13.6. The van der Waals surface area contributed by atoms with E-state index >= 15 is 0 Å². The summed E-state index contributed by atoms with van der Waals surface area (Å²) in [6.45, 7) is 3.62. The van der Waals surface area contributed by atoms with Gasteiger partial charge in [-0.05, 0) is 29.3 Å². The van der Waals surface area contributed by atoms with Crippen LogP contribution in [-0.4, -0.2) is 46.1 Å². The Morgan fingerprint density at radius 3 is 2.48 bits per heavy atom. The molecule has 1 aromatic heterocycles. The normalized spacial score (nSPS) is 15.4. The second kappa shape index (κ2) is 7.77. The Hall–Kier alpha value is -2.22. The summed E-state index contributed by atoms with van der Waals surface area (Å²) in [5, 5.41) is 21.1. The van der Waals surface area contributed by atoms with Crippen LogP contribution in [0.15, 0.2) is 36.5 Å². The van der Waals surface area contributed by atoms with Crippen LogP contribution in [0.1, 0.15) is 11.1 Å². The van der Waals surface area contributed by atoms with Crippen molar-refractivity contribution in [3.63, 3.8) is 0 Å². The predicted octanol–water partition coefficient (Wildman–Crippen LogP) is 2.46. The third kappa shape index (κ3) is 4.25. The van der Waals surface area contributed by atoms with Crippen molar-refractivity contribution in [2.45, 2.75) is 13.2 Å². The van der Waals surface area contributed by atoms with E-state index in [4.69, 9.17) is 11.6 Å². The highest BCUT2D eigenvalue weighted by Crippen LogP contribution is 2.30. The van der Waals surface area contributed by atoms with Crippen molar-refractivity contribution in [1.82, 2.24) is 9.88 Å². The van der Waals surface area contributed by atoms with Crippen molar-refractivity contribution in [1.29, 1.82) is 0 Å². The summed E-state index contributed by atoms with van der Waals surface area (Å²) in [4.78, 5) is 19.3. The second-order valence-electron chi connectivity index (χ2n) is 5.99. The lowest BCUT2D eigenvalue weighted by atomic mass is 10.1. The molecule has 7 nitrogen and oxygen atoms in total. The molecule has 0 spiro atoms. The maximum Gasteiger partial charge on any atom is 0.292 e. The Morgan fingerprint density at radius 2 is 1.88 bits per heavy atom. The first-order chi connectivity index (χ1) is 12.1. The molecule has 2 heterocycles. The summed E-state index contributed by atoms with van der Waals surface area (Å²) in [6.07, 6.45) is 1.77. The van der Waals surface area contributed by atoms with E-state index in [2.05, 4.69) is 9.88 Å². The number of rotatable bonds is 5. The smallest absolute Gasteiger partial charge is 0.292 e. The van der Waals surface area contributed by atoms with Crippen LogP contribution in [0, 0.1) is 10.1 Å². The Balaban J connectivity index is 1.67. The highest BCUT2D eigenvalue weighted by Gasteiger charge is 2.24. The number of halogens is 1. The Labute approximate surface area is 150 Å². The van der Waals surface area contributed by atoms with Gasteiger partial charge in [0.05, 0.1) is 11.5 Å². The monoisotopic (exact) mass is 362 g/mol. The summed E-state index contributed by atoms with van der Waals surface area (Å²) in [5.41, 5.74) is 2.42. The fraction of sp³-hybridized carbons (Fsp3) is 0.353. The Bertz CT molecular complexity index is 746. The molecule has 0 unspecified atom stereocenters. The minimum atomic E-state index is -0.373. The number of aliphatic hydroxyl groups excluding tert-OH is 1. The van der Waals surface area contributed by atoms with Crippen LogP contribution in [0.4, 0.5) is 11.4 Å². The number of nitrogens with zero attached hydrogens (tertiary/aromatic N) is 4. The molecule has 0 saturated carbocycles. The molecule has 8 heteroatoms. The SMILES string of the molecule is O=[N+]([O-])c1ccc(CO)cc1N1CCN(Cc2ccc(Cl)nc2)CC1. The topological polar surface area (TPSA) is 82.7 Å². The van der Waals surface area contributed by atoms with Crippen LogP contribution in [0.2, 0.25) is 5.15 Å². The first-order valence-electron chi connectivity index (χ1n) is 8.03. The maximum absolute atomic E-state index is 11.3. The molecule has 132 valence electrons. The summed E-state index contributed by atoms with van der Waals surface area (Å²) in [6, 6.07) is 8.49. The van der Waals surface area contributed by atoms with Crippen molar-refractivity contribution in [3.8, 4) is 0 Å². The van der Waals surface area contributed by atoms with Gasteiger partial charge in [0.25, 0.3) is 5.69 Å². The number of aromatic nitrogens is 1. The van der Waals surface area contributed by atoms with Crippen LogP contribution >= 0.6 is 11.6 Å². The highest BCUT2D eigenvalue weighted by atomic mass is 35.5. The van der Waals surface area contributed by atoms with Crippen LogP contribution in [-0.2, 0) is 13.2 Å². The molecule has 3 rings (SSSR count). The van der Waals surface area contributed by atoms with Crippen LogP contribution in [0.5, 0.6) is 0 Å². The van der Waals surface area contributed by atoms with E-state index < -0.39 is 0 Å². The lowest BCUT2D eigenvalue weighted by Crippen LogP contribution is -2.46. The molecule has 1 fully saturated rings. The lowest BCUT2D eigenvalue weighted by Gasteiger charge is -2.35. The fourth-order valence-electron chi connectivity index (χ4n) is 2.98. The summed E-state index contributed by atoms with van der Waals surface area (Å²) < 4.78 is 0. The van der Waals surface area contributed by atoms with E-state index in [0.717, 1.165) is 25.2 Å². The van der Waals surface area contributed by atoms with E-state index in [-0.39, 0.29) is 17.2 Å². The molecule has 2 aromatic rings. The molecular weight excluding hydrogens is 344 g/mol. The average Bonchev–Trinajstić information content (AvgIpc) is 2.63. The molecule has 1 saturated heterocycles. The van der Waals surface area contributed by atoms with Crippen LogP contribution in [0.25, 0.3) is 0 Å². The molecule has 0 aliphatic carbocycles. The standard InChI is InChI=1S/C17H19ClN4O3/c18-17-4-2-14(10-19-17)11-20-5-7-21(8-6-20)16-9-13(12-23)1-3-15(16)22(24)25/h1-4,9-10,23H,5-8,11-12H2. The number of aliphatic hydroxyl groups is 1. The molecule has 1 aliphatic rings. The van der Waals surface area contributed by atoms with Gasteiger partial charge in [0.1, 0.15) is 10.8 Å². The van der Waals surface area contributed by atoms with Gasteiger partial charge in [0.15, 0.2) is 0 Å². The van der Waals surface area contributed by atoms with Gasteiger partial charge in [0, 0.05) is 45.0 Å². The summed E-state index contributed by atoms with van der Waals surface area (Å²) in [7, 11) is 0. The van der Waals surface area contributed by atoms with Gasteiger partial charge in [-0.1, -0.05) is 17.7 Å². The van der Waals surface area contributed by atoms with Gasteiger partial charge in [-0.25, -0.2) is 4.98 Å². The fourth-order valence-corrected chi connectivity index (χ4v) is 3.09. The molecular formula is C17H19ClN4O3. The van der Waals surface area contributed by atoms with Crippen molar-refractivity contribution >= 4 is 23.0 Å². The zero-order valence-corrected chi connectivity index (χ0v) is 14.4. The van der Waals surface area contributed by atoms with Crippen molar-refractivity contribution < 1.29 is 10.0 Å². The van der Waals surface area contributed by atoms with Crippen molar-refractivity contribution in [2.75, 3.05) is 31.1 Å². The number of nitro benzene ring substituents is 1. The predicted molar refractivity (Wildman–Crippen MR) is 95.8 cm³/mol. The molecule has 0 atom stereocenters. The number of pyridine rings is 1. The van der Waals surface area contributed by atoms with E-state index in [1.807, 2.05) is 11.0 Å². The van der Waals surface area contributed by atoms with Gasteiger partial charge in [0.2, 0.25) is 0 Å². The van der Waals surface area contributed by atoms with Gasteiger partial charge in [-0.3, -0.25) is 15.0 Å².